The molecule has 0 rings (SSSR count). The maximum absolute atomic E-state index is 10.3. The van der Waals surface area contributed by atoms with Crippen molar-refractivity contribution in [1.82, 2.24) is 0 Å². The van der Waals surface area contributed by atoms with Gasteiger partial charge in [0.05, 0.1) is 11.9 Å². The van der Waals surface area contributed by atoms with Crippen LogP contribution in [0.5, 0.6) is 0 Å². The molecule has 0 amide bonds. The van der Waals surface area contributed by atoms with Crippen molar-refractivity contribution in [2.24, 2.45) is 0 Å². The number of rotatable bonds is 7. The van der Waals surface area contributed by atoms with Crippen LogP contribution in [-0.4, -0.2) is 29.9 Å². The molecule has 0 aliphatic heterocycles. The van der Waals surface area contributed by atoms with Gasteiger partial charge < -0.3 is 5.11 Å². The molecule has 6 heteroatoms. The lowest BCUT2D eigenvalue weighted by Gasteiger charge is -2.07. The van der Waals surface area contributed by atoms with E-state index >= 15 is 0 Å². The zero-order chi connectivity index (χ0) is 10.3. The fourth-order valence-electron chi connectivity index (χ4n) is 0.956. The summed E-state index contributed by atoms with van der Waals surface area (Å²) in [6.07, 6.45) is 3.19. The Morgan fingerprint density at radius 1 is 1.36 bits per heavy atom. The summed E-state index contributed by atoms with van der Waals surface area (Å²) >= 11 is 0. The fourth-order valence-corrected chi connectivity index (χ4v) is 1.49. The van der Waals surface area contributed by atoms with Gasteiger partial charge >= 0.3 is 0 Å². The summed E-state index contributed by atoms with van der Waals surface area (Å²) in [4.78, 5) is 0. The van der Waals surface area contributed by atoms with Crippen molar-refractivity contribution in [3.63, 3.8) is 0 Å². The van der Waals surface area contributed by atoms with Gasteiger partial charge in [-0.2, -0.15) is 8.42 Å². The first-order chi connectivity index (χ1) is 5.95. The molecule has 4 nitrogen and oxygen atoms in total. The average molecular weight is 228 g/mol. The summed E-state index contributed by atoms with van der Waals surface area (Å²) in [5, 5.41) is 9.25. The minimum Gasteiger partial charge on any atom is -0.393 e. The molecule has 1 unspecified atom stereocenters. The molecule has 0 aliphatic rings. The first-order valence-corrected chi connectivity index (χ1v) is 5.80. The van der Waals surface area contributed by atoms with E-state index < -0.39 is 16.2 Å². The van der Waals surface area contributed by atoms with Crippen LogP contribution in [0.2, 0.25) is 0 Å². The lowest BCUT2D eigenvalue weighted by molar-refractivity contribution is 0.155. The van der Waals surface area contributed by atoms with Crippen molar-refractivity contribution in [3.05, 3.63) is 12.7 Å². The largest absolute Gasteiger partial charge is 0.393 e. The Bertz CT molecular complexity index is 238. The third-order valence-electron chi connectivity index (χ3n) is 1.64. The minimum atomic E-state index is -3.87. The topological polar surface area (TPSA) is 74.6 Å². The number of hydrogen-bond donors (Lipinski definition) is 2. The van der Waals surface area contributed by atoms with Gasteiger partial charge in [0.25, 0.3) is 10.1 Å². The van der Waals surface area contributed by atoms with Gasteiger partial charge in [0.1, 0.15) is 0 Å². The predicted molar refractivity (Wildman–Crippen MR) is 53.6 cm³/mol. The zero-order valence-electron chi connectivity index (χ0n) is 7.92. The van der Waals surface area contributed by atoms with E-state index in [9.17, 15) is 13.5 Å². The van der Waals surface area contributed by atoms with Crippen LogP contribution in [0.3, 0.4) is 0 Å². The maximum Gasteiger partial charge on any atom is 0.264 e. The molecule has 0 bridgehead atoms. The van der Waals surface area contributed by atoms with Crippen LogP contribution in [0.4, 0.5) is 4.70 Å². The van der Waals surface area contributed by atoms with E-state index in [0.717, 1.165) is 0 Å². The highest BCUT2D eigenvalue weighted by atomic mass is 32.2. The molecule has 0 saturated carbocycles. The van der Waals surface area contributed by atoms with Crippen LogP contribution in [-0.2, 0) is 10.1 Å². The smallest absolute Gasteiger partial charge is 0.264 e. The van der Waals surface area contributed by atoms with Crippen molar-refractivity contribution >= 4 is 10.1 Å². The highest BCUT2D eigenvalue weighted by Gasteiger charge is 2.07. The molecular weight excluding hydrogens is 211 g/mol. The summed E-state index contributed by atoms with van der Waals surface area (Å²) < 4.78 is 29.0. The number of aliphatic hydroxyl groups is 1. The van der Waals surface area contributed by atoms with E-state index in [0.29, 0.717) is 19.3 Å². The van der Waals surface area contributed by atoms with Gasteiger partial charge in [-0.1, -0.05) is 6.08 Å². The van der Waals surface area contributed by atoms with E-state index in [-0.39, 0.29) is 16.9 Å². The second-order valence-corrected chi connectivity index (χ2v) is 4.52. The normalized spacial score (nSPS) is 13.0. The van der Waals surface area contributed by atoms with Crippen molar-refractivity contribution < 1.29 is 22.8 Å². The first kappa shape index (κ1) is 16.0. The number of halogens is 1. The Hall–Kier alpha value is -0.460. The van der Waals surface area contributed by atoms with Crippen molar-refractivity contribution in [2.45, 2.75) is 31.8 Å². The van der Waals surface area contributed by atoms with Gasteiger partial charge in [0, 0.05) is 0 Å². The minimum absolute atomic E-state index is 0. The number of allylic oxidation sites excluding steroid dienone is 1. The van der Waals surface area contributed by atoms with E-state index in [1.807, 2.05) is 0 Å². The summed E-state index contributed by atoms with van der Waals surface area (Å²) in [7, 11) is -3.87. The van der Waals surface area contributed by atoms with Crippen LogP contribution in [0.25, 0.3) is 0 Å². The van der Waals surface area contributed by atoms with Crippen LogP contribution in [0.1, 0.15) is 25.7 Å². The Morgan fingerprint density at radius 2 is 1.93 bits per heavy atom. The van der Waals surface area contributed by atoms with Gasteiger partial charge in [-0.05, 0) is 25.7 Å². The molecule has 0 aromatic heterocycles. The van der Waals surface area contributed by atoms with Crippen LogP contribution in [0.15, 0.2) is 12.7 Å². The predicted octanol–water partition coefficient (Wildman–Crippen LogP) is 1.13. The molecule has 0 aromatic carbocycles. The molecule has 86 valence electrons. The van der Waals surface area contributed by atoms with Gasteiger partial charge in [-0.25, -0.2) is 0 Å². The van der Waals surface area contributed by atoms with Gasteiger partial charge in [-0.15, -0.1) is 6.58 Å². The highest BCUT2D eigenvalue weighted by Crippen LogP contribution is 2.05. The van der Waals surface area contributed by atoms with E-state index in [2.05, 4.69) is 6.58 Å². The Labute approximate surface area is 83.8 Å². The van der Waals surface area contributed by atoms with Crippen LogP contribution < -0.4 is 0 Å². The highest BCUT2D eigenvalue weighted by molar-refractivity contribution is 7.85. The summed E-state index contributed by atoms with van der Waals surface area (Å²) in [6.45, 7) is 3.51. The molecule has 1 atom stereocenters. The number of aliphatic hydroxyl groups excluding tert-OH is 1. The standard InChI is InChI=1S/C8H16O4S.FH/c1-2-3-5-8(9)6-4-7-13(10,11)12;/h2,8-9H,1,3-7H2,(H,10,11,12);1H. The van der Waals surface area contributed by atoms with E-state index in [4.69, 9.17) is 4.55 Å². The van der Waals surface area contributed by atoms with Crippen LogP contribution >= 0.6 is 0 Å². The van der Waals surface area contributed by atoms with Gasteiger partial charge in [-0.3, -0.25) is 9.26 Å². The first-order valence-electron chi connectivity index (χ1n) is 4.20. The third kappa shape index (κ3) is 11.5. The van der Waals surface area contributed by atoms with Crippen LogP contribution in [0, 0.1) is 0 Å². The van der Waals surface area contributed by atoms with Gasteiger partial charge in [0.15, 0.2) is 0 Å². The average Bonchev–Trinajstić information content (AvgIpc) is 1.98. The van der Waals surface area contributed by atoms with Crippen molar-refractivity contribution in [3.8, 4) is 0 Å². The summed E-state index contributed by atoms with van der Waals surface area (Å²) in [6, 6.07) is 0. The fraction of sp³-hybridized carbons (Fsp3) is 0.750. The third-order valence-corrected chi connectivity index (χ3v) is 2.45. The SMILES string of the molecule is C=CCCC(O)CCCS(=O)(=O)O.F. The molecule has 0 spiro atoms. The lowest BCUT2D eigenvalue weighted by atomic mass is 10.1. The van der Waals surface area contributed by atoms with E-state index in [1.165, 1.54) is 0 Å². The number of hydrogen-bond acceptors (Lipinski definition) is 3. The molecule has 0 saturated heterocycles. The molecule has 0 aromatic rings. The molecule has 14 heavy (non-hydrogen) atoms. The summed E-state index contributed by atoms with van der Waals surface area (Å²) in [5.41, 5.74) is 0. The Kier molecular flexibility index (Phi) is 9.02. The molecule has 0 heterocycles. The Morgan fingerprint density at radius 3 is 2.36 bits per heavy atom. The molecular formula is C8H17FO4S. The molecule has 0 fully saturated rings. The van der Waals surface area contributed by atoms with Gasteiger partial charge in [0.2, 0.25) is 0 Å². The maximum atomic E-state index is 10.3. The molecule has 0 radical (unpaired) electrons. The van der Waals surface area contributed by atoms with Crippen molar-refractivity contribution in [1.29, 1.82) is 0 Å². The zero-order valence-corrected chi connectivity index (χ0v) is 8.74. The second kappa shape index (κ2) is 7.90. The molecule has 2 N–H and O–H groups in total. The monoisotopic (exact) mass is 228 g/mol. The summed E-state index contributed by atoms with van der Waals surface area (Å²) in [5.74, 6) is -0.280. The van der Waals surface area contributed by atoms with E-state index in [1.54, 1.807) is 6.08 Å². The quantitative estimate of drug-likeness (QED) is 0.506. The second-order valence-electron chi connectivity index (χ2n) is 2.95. The molecule has 0 aliphatic carbocycles. The Balaban J connectivity index is 0. The van der Waals surface area contributed by atoms with Crippen molar-refractivity contribution in [2.75, 3.05) is 5.75 Å². The lowest BCUT2D eigenvalue weighted by Crippen LogP contribution is -2.10.